The van der Waals surface area contributed by atoms with E-state index in [1.54, 1.807) is 0 Å². The Kier molecular flexibility index (Phi) is 5.30. The number of carboxylic acid groups (broad SMARTS) is 2. The summed E-state index contributed by atoms with van der Waals surface area (Å²) in [7, 11) is -4.58. The zero-order valence-electron chi connectivity index (χ0n) is 8.58. The van der Waals surface area contributed by atoms with Crippen LogP contribution >= 0.6 is 0 Å². The zero-order valence-corrected chi connectivity index (χ0v) is 11.4. The molecule has 1 aromatic carbocycles. The summed E-state index contributed by atoms with van der Waals surface area (Å²) < 4.78 is 30.0. The molecule has 0 aliphatic heterocycles. The van der Waals surface area contributed by atoms with Gasteiger partial charge in [-0.05, 0) is 12.1 Å². The Morgan fingerprint density at radius 2 is 1.71 bits per heavy atom. The van der Waals surface area contributed by atoms with Gasteiger partial charge in [0.25, 0.3) is 10.1 Å². The molecule has 0 aliphatic carbocycles. The van der Waals surface area contributed by atoms with Crippen LogP contribution in [0.1, 0.15) is 20.7 Å². The minimum absolute atomic E-state index is 0. The minimum atomic E-state index is -4.58. The molecule has 0 aliphatic rings. The Balaban J connectivity index is 0.00000256. The SMILES string of the molecule is O=C([O-])c1ccc(S(=O)(=O)O)cc1C(=O)O.[Na+]. The van der Waals surface area contributed by atoms with Crippen molar-refractivity contribution in [3.63, 3.8) is 0 Å². The predicted molar refractivity (Wildman–Crippen MR) is 47.5 cm³/mol. The predicted octanol–water partition coefficient (Wildman–Crippen LogP) is -4.00. The molecule has 17 heavy (non-hydrogen) atoms. The molecule has 0 fully saturated rings. The van der Waals surface area contributed by atoms with Gasteiger partial charge in [-0.3, -0.25) is 4.55 Å². The molecule has 0 spiro atoms. The van der Waals surface area contributed by atoms with Gasteiger partial charge >= 0.3 is 35.5 Å². The number of aromatic carboxylic acids is 2. The van der Waals surface area contributed by atoms with Crippen LogP contribution in [0, 0.1) is 0 Å². The molecule has 0 unspecified atom stereocenters. The van der Waals surface area contributed by atoms with Crippen molar-refractivity contribution >= 4 is 22.1 Å². The van der Waals surface area contributed by atoms with E-state index in [4.69, 9.17) is 9.66 Å². The number of carboxylic acids is 2. The molecule has 0 saturated carbocycles. The molecule has 7 nitrogen and oxygen atoms in total. The number of carbonyl (C=O) groups is 2. The van der Waals surface area contributed by atoms with Crippen molar-refractivity contribution in [1.29, 1.82) is 0 Å². The summed E-state index contributed by atoms with van der Waals surface area (Å²) in [6.07, 6.45) is 0. The summed E-state index contributed by atoms with van der Waals surface area (Å²) in [6.45, 7) is 0. The third kappa shape index (κ3) is 3.79. The van der Waals surface area contributed by atoms with Crippen molar-refractivity contribution in [1.82, 2.24) is 0 Å². The van der Waals surface area contributed by atoms with Crippen molar-refractivity contribution in [2.75, 3.05) is 0 Å². The van der Waals surface area contributed by atoms with Crippen LogP contribution in [0.15, 0.2) is 23.1 Å². The number of hydrogen-bond donors (Lipinski definition) is 2. The standard InChI is InChI=1S/C8H6O7S.Na/c9-7(10)5-2-1-4(16(13,14)15)3-6(5)8(11)12;/h1-3H,(H,9,10)(H,11,12)(H,13,14,15);/q;+1/p-1. The van der Waals surface area contributed by atoms with Crippen LogP contribution in [0.2, 0.25) is 0 Å². The molecule has 1 rings (SSSR count). The Morgan fingerprint density at radius 1 is 1.18 bits per heavy atom. The van der Waals surface area contributed by atoms with E-state index in [1.165, 1.54) is 0 Å². The van der Waals surface area contributed by atoms with E-state index in [-0.39, 0.29) is 29.6 Å². The van der Waals surface area contributed by atoms with Gasteiger partial charge in [-0.2, -0.15) is 8.42 Å². The van der Waals surface area contributed by atoms with E-state index in [0.717, 1.165) is 12.1 Å². The minimum Gasteiger partial charge on any atom is -0.545 e. The maximum atomic E-state index is 10.7. The first-order chi connectivity index (χ1) is 7.23. The van der Waals surface area contributed by atoms with Crippen molar-refractivity contribution < 1.29 is 62.3 Å². The third-order valence-corrected chi connectivity index (χ3v) is 2.59. The normalized spacial score (nSPS) is 10.4. The Morgan fingerprint density at radius 3 is 2.06 bits per heavy atom. The van der Waals surface area contributed by atoms with Gasteiger partial charge in [0.15, 0.2) is 0 Å². The molecular formula is C8H5NaO7S. The monoisotopic (exact) mass is 268 g/mol. The Bertz CT molecular complexity index is 563. The van der Waals surface area contributed by atoms with E-state index < -0.39 is 38.1 Å². The fraction of sp³-hybridized carbons (Fsp3) is 0. The van der Waals surface area contributed by atoms with Gasteiger partial charge in [-0.25, -0.2) is 4.79 Å². The molecule has 9 heteroatoms. The van der Waals surface area contributed by atoms with E-state index >= 15 is 0 Å². The van der Waals surface area contributed by atoms with E-state index in [9.17, 15) is 23.1 Å². The second-order valence-corrected chi connectivity index (χ2v) is 4.20. The topological polar surface area (TPSA) is 132 Å². The summed E-state index contributed by atoms with van der Waals surface area (Å²) >= 11 is 0. The molecule has 0 heterocycles. The van der Waals surface area contributed by atoms with Crippen LogP contribution in [-0.4, -0.2) is 30.0 Å². The van der Waals surface area contributed by atoms with Crippen molar-refractivity contribution in [3.8, 4) is 0 Å². The number of benzene rings is 1. The Labute approximate surface area is 118 Å². The fourth-order valence-corrected chi connectivity index (χ4v) is 1.55. The smallest absolute Gasteiger partial charge is 0.545 e. The van der Waals surface area contributed by atoms with Crippen LogP contribution in [0.4, 0.5) is 0 Å². The third-order valence-electron chi connectivity index (χ3n) is 1.74. The van der Waals surface area contributed by atoms with Gasteiger partial charge < -0.3 is 15.0 Å². The van der Waals surface area contributed by atoms with Crippen LogP contribution in [0.5, 0.6) is 0 Å². The maximum absolute atomic E-state index is 10.7. The molecule has 2 N–H and O–H groups in total. The first-order valence-electron chi connectivity index (χ1n) is 3.79. The average Bonchev–Trinajstić information content (AvgIpc) is 2.15. The molecule has 0 atom stereocenters. The average molecular weight is 268 g/mol. The van der Waals surface area contributed by atoms with Crippen LogP contribution in [0.25, 0.3) is 0 Å². The molecule has 1 aromatic rings. The molecule has 0 bridgehead atoms. The number of rotatable bonds is 3. The van der Waals surface area contributed by atoms with Crippen molar-refractivity contribution in [2.45, 2.75) is 4.90 Å². The second-order valence-electron chi connectivity index (χ2n) is 2.78. The van der Waals surface area contributed by atoms with Gasteiger partial charge in [0.1, 0.15) is 0 Å². The Hall–Kier alpha value is -0.930. The van der Waals surface area contributed by atoms with Crippen LogP contribution in [-0.2, 0) is 10.1 Å². The molecular weight excluding hydrogens is 263 g/mol. The second kappa shape index (κ2) is 5.61. The summed E-state index contributed by atoms with van der Waals surface area (Å²) in [6, 6.07) is 2.05. The van der Waals surface area contributed by atoms with Gasteiger partial charge in [-0.1, -0.05) is 6.07 Å². The van der Waals surface area contributed by atoms with E-state index in [0.29, 0.717) is 6.07 Å². The van der Waals surface area contributed by atoms with Gasteiger partial charge in [0, 0.05) is 5.56 Å². The van der Waals surface area contributed by atoms with Gasteiger partial charge in [0.2, 0.25) is 0 Å². The van der Waals surface area contributed by atoms with Crippen molar-refractivity contribution in [2.24, 2.45) is 0 Å². The summed E-state index contributed by atoms with van der Waals surface area (Å²) in [5.74, 6) is -3.39. The van der Waals surface area contributed by atoms with Gasteiger partial charge in [-0.15, -0.1) is 0 Å². The summed E-state index contributed by atoms with van der Waals surface area (Å²) in [5.41, 5.74) is -1.44. The zero-order chi connectivity index (χ0) is 12.5. The molecule has 0 aromatic heterocycles. The van der Waals surface area contributed by atoms with Gasteiger partial charge in [0.05, 0.1) is 16.4 Å². The van der Waals surface area contributed by atoms with Crippen molar-refractivity contribution in [3.05, 3.63) is 29.3 Å². The molecule has 86 valence electrons. The number of carbonyl (C=O) groups excluding carboxylic acids is 1. The first kappa shape index (κ1) is 16.1. The summed E-state index contributed by atoms with van der Waals surface area (Å²) in [4.78, 5) is 20.4. The van der Waals surface area contributed by atoms with E-state index in [1.807, 2.05) is 0 Å². The van der Waals surface area contributed by atoms with Crippen LogP contribution < -0.4 is 34.7 Å². The van der Waals surface area contributed by atoms with Crippen LogP contribution in [0.3, 0.4) is 0 Å². The molecule has 0 saturated heterocycles. The number of hydrogen-bond acceptors (Lipinski definition) is 5. The van der Waals surface area contributed by atoms with E-state index in [2.05, 4.69) is 0 Å². The first-order valence-corrected chi connectivity index (χ1v) is 5.23. The largest absolute Gasteiger partial charge is 1.00 e. The maximum Gasteiger partial charge on any atom is 1.00 e. The fourth-order valence-electron chi connectivity index (χ4n) is 1.04. The molecule has 0 amide bonds. The summed E-state index contributed by atoms with van der Waals surface area (Å²) in [5, 5.41) is 19.1. The quantitative estimate of drug-likeness (QED) is 0.421. The molecule has 0 radical (unpaired) electrons.